The fourth-order valence-corrected chi connectivity index (χ4v) is 6.64. The lowest BCUT2D eigenvalue weighted by molar-refractivity contribution is 0.0702. The largest absolute Gasteiger partial charge is 0.494 e. The van der Waals surface area contributed by atoms with Crippen molar-refractivity contribution in [2.75, 3.05) is 32.8 Å². The summed E-state index contributed by atoms with van der Waals surface area (Å²) in [5.74, 6) is 1.24. The van der Waals surface area contributed by atoms with E-state index in [4.69, 9.17) is 4.74 Å². The Hall–Kier alpha value is -2.56. The summed E-state index contributed by atoms with van der Waals surface area (Å²) < 4.78 is 32.8. The first-order valence-electron chi connectivity index (χ1n) is 10.5. The molecular formula is C22H26N4O4S2. The first-order valence-corrected chi connectivity index (χ1v) is 12.7. The molecule has 0 bridgehead atoms. The normalized spacial score (nSPS) is 15.3. The van der Waals surface area contributed by atoms with E-state index in [1.54, 1.807) is 29.2 Å². The van der Waals surface area contributed by atoms with Crippen LogP contribution in [0.3, 0.4) is 0 Å². The van der Waals surface area contributed by atoms with Gasteiger partial charge < -0.3 is 9.64 Å². The van der Waals surface area contributed by atoms with Gasteiger partial charge in [0.05, 0.1) is 16.4 Å². The molecule has 0 saturated carbocycles. The summed E-state index contributed by atoms with van der Waals surface area (Å²) in [7, 11) is -3.62. The van der Waals surface area contributed by atoms with E-state index in [0.717, 1.165) is 21.5 Å². The minimum absolute atomic E-state index is 0.0827. The van der Waals surface area contributed by atoms with Crippen LogP contribution in [0.15, 0.2) is 29.2 Å². The Morgan fingerprint density at radius 1 is 1.06 bits per heavy atom. The molecule has 0 spiro atoms. The average Bonchev–Trinajstić information content (AvgIpc) is 3.10. The fourth-order valence-electron chi connectivity index (χ4n) is 3.98. The number of carbonyl (C=O) groups excluding carboxylic acids is 1. The van der Waals surface area contributed by atoms with E-state index in [1.165, 1.54) is 15.6 Å². The van der Waals surface area contributed by atoms with Gasteiger partial charge in [0.15, 0.2) is 0 Å². The maximum atomic E-state index is 13.2. The number of thiophene rings is 1. The summed E-state index contributed by atoms with van der Waals surface area (Å²) in [6.45, 7) is 9.27. The van der Waals surface area contributed by atoms with E-state index in [1.807, 2.05) is 27.7 Å². The highest BCUT2D eigenvalue weighted by molar-refractivity contribution is 7.89. The zero-order valence-electron chi connectivity index (χ0n) is 18.6. The number of hydrogen-bond acceptors (Lipinski definition) is 7. The number of hydrogen-bond donors (Lipinski definition) is 0. The molecule has 1 amide bonds. The topological polar surface area (TPSA) is 92.7 Å². The van der Waals surface area contributed by atoms with Gasteiger partial charge in [-0.05, 0) is 57.5 Å². The van der Waals surface area contributed by atoms with Gasteiger partial charge in [-0.3, -0.25) is 4.79 Å². The maximum absolute atomic E-state index is 13.2. The van der Waals surface area contributed by atoms with Crippen LogP contribution in [0.4, 0.5) is 0 Å². The van der Waals surface area contributed by atoms with Crippen molar-refractivity contribution >= 4 is 37.5 Å². The van der Waals surface area contributed by atoms with Gasteiger partial charge in [-0.15, -0.1) is 11.3 Å². The van der Waals surface area contributed by atoms with Crippen molar-refractivity contribution in [1.82, 2.24) is 19.2 Å². The number of aryl methyl sites for hydroxylation is 3. The van der Waals surface area contributed by atoms with Crippen molar-refractivity contribution < 1.29 is 17.9 Å². The average molecular weight is 475 g/mol. The first kappa shape index (κ1) is 22.6. The predicted octanol–water partition coefficient (Wildman–Crippen LogP) is 3.16. The van der Waals surface area contributed by atoms with Crippen molar-refractivity contribution in [2.45, 2.75) is 32.6 Å². The maximum Gasteiger partial charge on any atom is 0.264 e. The summed E-state index contributed by atoms with van der Waals surface area (Å²) in [6.07, 6.45) is 0. The molecule has 3 heterocycles. The van der Waals surface area contributed by atoms with Crippen molar-refractivity contribution in [3.63, 3.8) is 0 Å². The molecule has 1 fully saturated rings. The minimum Gasteiger partial charge on any atom is -0.494 e. The first-order chi connectivity index (χ1) is 15.2. The second-order valence-corrected chi connectivity index (χ2v) is 10.6. The van der Waals surface area contributed by atoms with Crippen LogP contribution >= 0.6 is 11.3 Å². The minimum atomic E-state index is -3.62. The number of sulfonamides is 1. The van der Waals surface area contributed by atoms with Gasteiger partial charge in [0.1, 0.15) is 16.4 Å². The molecular weight excluding hydrogens is 448 g/mol. The molecule has 1 aliphatic heterocycles. The lowest BCUT2D eigenvalue weighted by Gasteiger charge is -2.34. The van der Waals surface area contributed by atoms with Crippen LogP contribution in [0.5, 0.6) is 5.75 Å². The highest BCUT2D eigenvalue weighted by Crippen LogP contribution is 2.32. The molecule has 170 valence electrons. The SMILES string of the molecule is CCOc1ccc(S(=O)(=O)N2CCN(C(=O)c3sc4nc(C)nc(C)c4c3C)CC2)cc1. The Morgan fingerprint density at radius 3 is 2.34 bits per heavy atom. The van der Waals surface area contributed by atoms with Crippen molar-refractivity contribution in [1.29, 1.82) is 0 Å². The number of benzene rings is 1. The summed E-state index contributed by atoms with van der Waals surface area (Å²) in [5, 5.41) is 0.931. The molecule has 0 aliphatic carbocycles. The van der Waals surface area contributed by atoms with Gasteiger partial charge in [-0.2, -0.15) is 4.31 Å². The number of nitrogens with zero attached hydrogens (tertiary/aromatic N) is 4. The summed E-state index contributed by atoms with van der Waals surface area (Å²) >= 11 is 1.38. The van der Waals surface area contributed by atoms with Crippen LogP contribution < -0.4 is 4.74 Å². The van der Waals surface area contributed by atoms with Crippen LogP contribution in [0.2, 0.25) is 0 Å². The van der Waals surface area contributed by atoms with Gasteiger partial charge in [-0.1, -0.05) is 0 Å². The van der Waals surface area contributed by atoms with Crippen LogP contribution in [-0.2, 0) is 10.0 Å². The van der Waals surface area contributed by atoms with Crippen LogP contribution in [0.25, 0.3) is 10.2 Å². The van der Waals surface area contributed by atoms with Crippen molar-refractivity contribution in [3.05, 3.63) is 46.2 Å². The number of fused-ring (bicyclic) bond motifs is 1. The molecule has 1 aromatic carbocycles. The van der Waals surface area contributed by atoms with Crippen LogP contribution in [0.1, 0.15) is 33.7 Å². The third-order valence-electron chi connectivity index (χ3n) is 5.58. The number of rotatable bonds is 5. The van der Waals surface area contributed by atoms with E-state index < -0.39 is 10.0 Å². The molecule has 0 unspecified atom stereocenters. The van der Waals surface area contributed by atoms with Gasteiger partial charge >= 0.3 is 0 Å². The Balaban J connectivity index is 1.49. The number of piperazine rings is 1. The monoisotopic (exact) mass is 474 g/mol. The molecule has 10 heteroatoms. The van der Waals surface area contributed by atoms with E-state index in [-0.39, 0.29) is 23.9 Å². The molecule has 0 radical (unpaired) electrons. The van der Waals surface area contributed by atoms with Crippen molar-refractivity contribution in [2.24, 2.45) is 0 Å². The Bertz CT molecular complexity index is 1260. The van der Waals surface area contributed by atoms with Gasteiger partial charge in [-0.25, -0.2) is 18.4 Å². The Morgan fingerprint density at radius 2 is 1.72 bits per heavy atom. The number of aromatic nitrogens is 2. The standard InChI is InChI=1S/C22H26N4O4S2/c1-5-30-17-6-8-18(9-7-17)32(28,29)26-12-10-25(11-13-26)22(27)20-14(2)19-15(3)23-16(4)24-21(19)31-20/h6-9H,5,10-13H2,1-4H3. The summed E-state index contributed by atoms with van der Waals surface area (Å²) in [4.78, 5) is 25.5. The number of amides is 1. The third kappa shape index (κ3) is 4.10. The predicted molar refractivity (Wildman–Crippen MR) is 124 cm³/mol. The lowest BCUT2D eigenvalue weighted by Crippen LogP contribution is -2.50. The molecule has 32 heavy (non-hydrogen) atoms. The second kappa shape index (κ2) is 8.76. The smallest absolute Gasteiger partial charge is 0.264 e. The van der Waals surface area contributed by atoms with Crippen LogP contribution in [-0.4, -0.2) is 66.3 Å². The quantitative estimate of drug-likeness (QED) is 0.564. The molecule has 2 aromatic heterocycles. The van der Waals surface area contributed by atoms with Gasteiger partial charge in [0.25, 0.3) is 5.91 Å². The summed E-state index contributed by atoms with van der Waals surface area (Å²) in [5.41, 5.74) is 1.75. The molecule has 8 nitrogen and oxygen atoms in total. The zero-order valence-corrected chi connectivity index (χ0v) is 20.2. The Labute approximate surface area is 191 Å². The zero-order chi connectivity index (χ0) is 23.0. The number of carbonyl (C=O) groups is 1. The van der Waals surface area contributed by atoms with Gasteiger partial charge in [0, 0.05) is 37.3 Å². The van der Waals surface area contributed by atoms with Gasteiger partial charge in [0.2, 0.25) is 10.0 Å². The molecule has 0 N–H and O–H groups in total. The molecule has 1 aliphatic rings. The second-order valence-electron chi connectivity index (χ2n) is 7.69. The third-order valence-corrected chi connectivity index (χ3v) is 8.66. The molecule has 3 aromatic rings. The van der Waals surface area contributed by atoms with Crippen molar-refractivity contribution in [3.8, 4) is 5.75 Å². The van der Waals surface area contributed by atoms with E-state index in [9.17, 15) is 13.2 Å². The summed E-state index contributed by atoms with van der Waals surface area (Å²) in [6, 6.07) is 6.44. The highest BCUT2D eigenvalue weighted by Gasteiger charge is 2.32. The number of ether oxygens (including phenoxy) is 1. The van der Waals surface area contributed by atoms with E-state index in [2.05, 4.69) is 9.97 Å². The molecule has 0 atom stereocenters. The van der Waals surface area contributed by atoms with E-state index in [0.29, 0.717) is 36.1 Å². The molecule has 4 rings (SSSR count). The highest BCUT2D eigenvalue weighted by atomic mass is 32.2. The Kier molecular flexibility index (Phi) is 6.19. The lowest BCUT2D eigenvalue weighted by atomic mass is 10.1. The van der Waals surface area contributed by atoms with E-state index >= 15 is 0 Å². The fraction of sp³-hybridized carbons (Fsp3) is 0.409. The molecule has 1 saturated heterocycles. The van der Waals surface area contributed by atoms with Crippen LogP contribution in [0, 0.1) is 20.8 Å².